The van der Waals surface area contributed by atoms with Gasteiger partial charge in [-0.1, -0.05) is 24.9 Å². The molecule has 1 fully saturated rings. The zero-order chi connectivity index (χ0) is 16.7. The van der Waals surface area contributed by atoms with Crippen LogP contribution in [0.3, 0.4) is 0 Å². The molecule has 1 aromatic heterocycles. The van der Waals surface area contributed by atoms with Crippen molar-refractivity contribution in [2.75, 3.05) is 18.9 Å². The Labute approximate surface area is 140 Å². The number of hydrogen-bond donors (Lipinski definition) is 0. The van der Waals surface area contributed by atoms with Gasteiger partial charge in [0.1, 0.15) is 16.8 Å². The van der Waals surface area contributed by atoms with Crippen LogP contribution in [-0.4, -0.2) is 40.8 Å². The molecule has 2 rings (SSSR count). The van der Waals surface area contributed by atoms with Gasteiger partial charge in [0.15, 0.2) is 0 Å². The molecule has 1 aliphatic heterocycles. The summed E-state index contributed by atoms with van der Waals surface area (Å²) in [5.74, 6) is 1.01. The number of amides is 1. The molecular weight excluding hydrogens is 316 g/mol. The van der Waals surface area contributed by atoms with Crippen LogP contribution >= 0.6 is 11.8 Å². The number of rotatable bonds is 9. The lowest BCUT2D eigenvalue weighted by Crippen LogP contribution is -2.31. The summed E-state index contributed by atoms with van der Waals surface area (Å²) in [6.45, 7) is 4.64. The summed E-state index contributed by atoms with van der Waals surface area (Å²) in [6.07, 6.45) is 4.48. The second kappa shape index (κ2) is 8.96. The van der Waals surface area contributed by atoms with Gasteiger partial charge in [-0.25, -0.2) is 0 Å². The first-order valence-electron chi connectivity index (χ1n) is 8.17. The third-order valence-electron chi connectivity index (χ3n) is 3.69. The second-order valence-corrected chi connectivity index (χ2v) is 6.55. The van der Waals surface area contributed by atoms with E-state index < -0.39 is 0 Å². The molecule has 1 amide bonds. The first-order valence-corrected chi connectivity index (χ1v) is 9.22. The van der Waals surface area contributed by atoms with Crippen molar-refractivity contribution in [1.29, 1.82) is 0 Å². The van der Waals surface area contributed by atoms with E-state index in [0.29, 0.717) is 18.9 Å². The van der Waals surface area contributed by atoms with E-state index in [1.165, 1.54) is 18.2 Å². The number of aryl methyl sites for hydroxylation is 1. The molecule has 23 heavy (non-hydrogen) atoms. The fourth-order valence-electron chi connectivity index (χ4n) is 2.50. The monoisotopic (exact) mass is 340 g/mol. The SMILES string of the molecule is CCCCCc1cc(C2SCC(=O)N2CCC(=O)OCC)no1. The largest absolute Gasteiger partial charge is 0.466 e. The minimum Gasteiger partial charge on any atom is -0.466 e. The Hall–Kier alpha value is -1.50. The smallest absolute Gasteiger partial charge is 0.307 e. The van der Waals surface area contributed by atoms with Crippen molar-refractivity contribution in [2.24, 2.45) is 0 Å². The van der Waals surface area contributed by atoms with Gasteiger partial charge in [0, 0.05) is 19.0 Å². The van der Waals surface area contributed by atoms with Crippen LogP contribution in [0.4, 0.5) is 0 Å². The van der Waals surface area contributed by atoms with Crippen LogP contribution in [0.5, 0.6) is 0 Å². The van der Waals surface area contributed by atoms with Gasteiger partial charge >= 0.3 is 5.97 Å². The lowest BCUT2D eigenvalue weighted by atomic mass is 10.1. The molecule has 0 aromatic carbocycles. The maximum absolute atomic E-state index is 12.0. The van der Waals surface area contributed by atoms with Gasteiger partial charge in [-0.3, -0.25) is 9.59 Å². The molecule has 1 saturated heterocycles. The Morgan fingerprint density at radius 3 is 3.04 bits per heavy atom. The van der Waals surface area contributed by atoms with Gasteiger partial charge in [-0.05, 0) is 13.3 Å². The summed E-state index contributed by atoms with van der Waals surface area (Å²) in [7, 11) is 0. The zero-order valence-corrected chi connectivity index (χ0v) is 14.6. The van der Waals surface area contributed by atoms with Crippen LogP contribution in [0.15, 0.2) is 10.6 Å². The van der Waals surface area contributed by atoms with Gasteiger partial charge in [0.2, 0.25) is 5.91 Å². The fourth-order valence-corrected chi connectivity index (χ4v) is 3.65. The molecule has 0 saturated carbocycles. The predicted octanol–water partition coefficient (Wildman–Crippen LogP) is 2.93. The molecular formula is C16H24N2O4S. The highest BCUT2D eigenvalue weighted by atomic mass is 32.2. The average Bonchev–Trinajstić information content (AvgIpc) is 3.12. The Bertz CT molecular complexity index is 532. The molecule has 6 nitrogen and oxygen atoms in total. The van der Waals surface area contributed by atoms with Crippen LogP contribution in [-0.2, 0) is 20.7 Å². The molecule has 0 N–H and O–H groups in total. The number of carbonyl (C=O) groups excluding carboxylic acids is 2. The van der Waals surface area contributed by atoms with E-state index in [-0.39, 0.29) is 23.7 Å². The van der Waals surface area contributed by atoms with Crippen molar-refractivity contribution < 1.29 is 18.8 Å². The Morgan fingerprint density at radius 1 is 1.48 bits per heavy atom. The third kappa shape index (κ3) is 4.99. The van der Waals surface area contributed by atoms with Gasteiger partial charge in [-0.15, -0.1) is 11.8 Å². The normalized spacial score (nSPS) is 17.7. The number of nitrogens with zero attached hydrogens (tertiary/aromatic N) is 2. The number of thioether (sulfide) groups is 1. The number of hydrogen-bond acceptors (Lipinski definition) is 6. The molecule has 1 aliphatic rings. The van der Waals surface area contributed by atoms with Crippen LogP contribution in [0.25, 0.3) is 0 Å². The van der Waals surface area contributed by atoms with E-state index in [4.69, 9.17) is 9.26 Å². The standard InChI is InChI=1S/C16H24N2O4S/c1-3-5-6-7-12-10-13(17-22-12)16-18(14(19)11-23-16)9-8-15(20)21-4-2/h10,16H,3-9,11H2,1-2H3. The van der Waals surface area contributed by atoms with Crippen molar-refractivity contribution in [2.45, 2.75) is 51.3 Å². The van der Waals surface area contributed by atoms with Crippen molar-refractivity contribution in [3.63, 3.8) is 0 Å². The van der Waals surface area contributed by atoms with E-state index in [0.717, 1.165) is 30.7 Å². The summed E-state index contributed by atoms with van der Waals surface area (Å²) in [5, 5.41) is 3.95. The molecule has 1 atom stereocenters. The van der Waals surface area contributed by atoms with E-state index in [1.54, 1.807) is 11.8 Å². The molecule has 128 valence electrons. The quantitative estimate of drug-likeness (QED) is 0.508. The number of ether oxygens (including phenoxy) is 1. The molecule has 7 heteroatoms. The van der Waals surface area contributed by atoms with Crippen molar-refractivity contribution in [3.05, 3.63) is 17.5 Å². The molecule has 0 bridgehead atoms. The summed E-state index contributed by atoms with van der Waals surface area (Å²) in [4.78, 5) is 25.2. The Kier molecular flexibility index (Phi) is 6.95. The van der Waals surface area contributed by atoms with Gasteiger partial charge in [0.05, 0.1) is 18.8 Å². The van der Waals surface area contributed by atoms with E-state index in [9.17, 15) is 9.59 Å². The Morgan fingerprint density at radius 2 is 2.30 bits per heavy atom. The van der Waals surface area contributed by atoms with E-state index in [1.807, 2.05) is 6.07 Å². The second-order valence-electron chi connectivity index (χ2n) is 5.48. The van der Waals surface area contributed by atoms with Gasteiger partial charge < -0.3 is 14.2 Å². The third-order valence-corrected chi connectivity index (χ3v) is 4.91. The number of unbranched alkanes of at least 4 members (excludes halogenated alkanes) is 2. The summed E-state index contributed by atoms with van der Waals surface area (Å²) in [6, 6.07) is 1.93. The maximum atomic E-state index is 12.0. The van der Waals surface area contributed by atoms with Crippen LogP contribution < -0.4 is 0 Å². The van der Waals surface area contributed by atoms with Crippen molar-refractivity contribution in [1.82, 2.24) is 10.1 Å². The minimum absolute atomic E-state index is 0.0276. The molecule has 1 aromatic rings. The summed E-state index contributed by atoms with van der Waals surface area (Å²) in [5.41, 5.74) is 0.760. The zero-order valence-electron chi connectivity index (χ0n) is 13.7. The van der Waals surface area contributed by atoms with Crippen LogP contribution in [0, 0.1) is 0 Å². The van der Waals surface area contributed by atoms with E-state index >= 15 is 0 Å². The number of carbonyl (C=O) groups is 2. The highest BCUT2D eigenvalue weighted by Gasteiger charge is 2.35. The molecule has 1 unspecified atom stereocenters. The lowest BCUT2D eigenvalue weighted by molar-refractivity contribution is -0.143. The van der Waals surface area contributed by atoms with Gasteiger partial charge in [-0.2, -0.15) is 0 Å². The molecule has 0 spiro atoms. The molecule has 0 radical (unpaired) electrons. The highest BCUT2D eigenvalue weighted by Crippen LogP contribution is 2.38. The lowest BCUT2D eigenvalue weighted by Gasteiger charge is -2.21. The van der Waals surface area contributed by atoms with Crippen molar-refractivity contribution in [3.8, 4) is 0 Å². The maximum Gasteiger partial charge on any atom is 0.307 e. The van der Waals surface area contributed by atoms with E-state index in [2.05, 4.69) is 12.1 Å². The molecule has 0 aliphatic carbocycles. The highest BCUT2D eigenvalue weighted by molar-refractivity contribution is 8.00. The summed E-state index contributed by atoms with van der Waals surface area (Å²) >= 11 is 1.52. The Balaban J connectivity index is 1.94. The topological polar surface area (TPSA) is 72.6 Å². The van der Waals surface area contributed by atoms with Crippen molar-refractivity contribution >= 4 is 23.6 Å². The van der Waals surface area contributed by atoms with Gasteiger partial charge in [0.25, 0.3) is 0 Å². The predicted molar refractivity (Wildman–Crippen MR) is 87.9 cm³/mol. The minimum atomic E-state index is -0.281. The van der Waals surface area contributed by atoms with Crippen LogP contribution in [0.2, 0.25) is 0 Å². The fraction of sp³-hybridized carbons (Fsp3) is 0.688. The molecule has 2 heterocycles. The number of esters is 1. The summed E-state index contributed by atoms with van der Waals surface area (Å²) < 4.78 is 10.3. The average molecular weight is 340 g/mol. The first-order chi connectivity index (χ1) is 11.2. The number of aromatic nitrogens is 1. The first kappa shape index (κ1) is 17.8. The van der Waals surface area contributed by atoms with Crippen LogP contribution in [0.1, 0.15) is 56.4 Å².